The largest absolute Gasteiger partial charge is 0.302 e. The molecule has 0 radical (unpaired) electrons. The van der Waals surface area contributed by atoms with E-state index in [1.165, 1.54) is 0 Å². The number of nitrogens with one attached hydrogen (secondary N) is 1. The minimum Gasteiger partial charge on any atom is -0.302 e. The third kappa shape index (κ3) is 1.42. The van der Waals surface area contributed by atoms with Crippen molar-refractivity contribution in [3.05, 3.63) is 0 Å². The molecule has 2 unspecified atom stereocenters. The van der Waals surface area contributed by atoms with Crippen LogP contribution in [0.2, 0.25) is 0 Å². The van der Waals surface area contributed by atoms with E-state index >= 15 is 0 Å². The summed E-state index contributed by atoms with van der Waals surface area (Å²) in [6, 6.07) is 0.0607. The van der Waals surface area contributed by atoms with E-state index in [0.29, 0.717) is 0 Å². The fraction of sp³-hybridized carbons (Fsp3) is 0.800. The predicted molar refractivity (Wildman–Crippen MR) is 43.4 cm³/mol. The summed E-state index contributed by atoms with van der Waals surface area (Å²) in [7, 11) is 1.94. The average Bonchev–Trinajstić information content (AvgIpc) is 2.12. The van der Waals surface area contributed by atoms with Crippen LogP contribution in [0.5, 0.6) is 0 Å². The molecule has 2 atom stereocenters. The first kappa shape index (κ1) is 7.43. The maximum Gasteiger partial charge on any atom is 0.139 e. The zero-order chi connectivity index (χ0) is 6.85. The molecule has 9 heavy (non-hydrogen) atoms. The highest BCUT2D eigenvalue weighted by Gasteiger charge is 2.28. The fourth-order valence-corrected chi connectivity index (χ4v) is 1.77. The number of carbonyl (C=O) groups is 1. The Bertz CT molecular complexity index is 110. The van der Waals surface area contributed by atoms with Gasteiger partial charge in [0, 0.05) is 6.67 Å². The Kier molecular flexibility index (Phi) is 2.42. The second kappa shape index (κ2) is 2.94. The fourth-order valence-electron chi connectivity index (χ4n) is 0.854. The van der Waals surface area contributed by atoms with Gasteiger partial charge in [-0.2, -0.15) is 0 Å². The molecule has 3 nitrogen and oxygen atoms in total. The number of aldehydes is 1. The third-order valence-corrected chi connectivity index (χ3v) is 2.66. The lowest BCUT2D eigenvalue weighted by molar-refractivity contribution is -0.110. The summed E-state index contributed by atoms with van der Waals surface area (Å²) in [5.74, 6) is 0. The maximum absolute atomic E-state index is 10.3. The number of carbonyl (C=O) groups excluding carboxylic acids is 1. The Morgan fingerprint density at radius 3 is 2.78 bits per heavy atom. The summed E-state index contributed by atoms with van der Waals surface area (Å²) in [6.07, 6.45) is 0.983. The molecule has 1 N–H and O–H groups in total. The lowest BCUT2D eigenvalue weighted by Gasteiger charge is -2.12. The molecule has 0 aromatic heterocycles. The highest BCUT2D eigenvalue weighted by atomic mass is 127. The van der Waals surface area contributed by atoms with Crippen molar-refractivity contribution in [3.8, 4) is 0 Å². The minimum atomic E-state index is 0.0607. The molecular formula is C5H9IN2O. The van der Waals surface area contributed by atoms with Crippen LogP contribution in [0.3, 0.4) is 0 Å². The first-order valence-corrected chi connectivity index (χ1v) is 4.03. The van der Waals surface area contributed by atoms with Crippen LogP contribution in [0.1, 0.15) is 0 Å². The second-order valence-electron chi connectivity index (χ2n) is 2.15. The SMILES string of the molecule is CN1CNC(I)C1C=O. The Morgan fingerprint density at radius 2 is 2.56 bits per heavy atom. The average molecular weight is 240 g/mol. The van der Waals surface area contributed by atoms with Gasteiger partial charge in [-0.05, 0) is 7.05 Å². The molecule has 0 spiro atoms. The van der Waals surface area contributed by atoms with Crippen molar-refractivity contribution in [2.24, 2.45) is 0 Å². The Balaban J connectivity index is 2.54. The van der Waals surface area contributed by atoms with E-state index < -0.39 is 0 Å². The highest BCUT2D eigenvalue weighted by molar-refractivity contribution is 14.1. The van der Waals surface area contributed by atoms with Crippen molar-refractivity contribution >= 4 is 28.9 Å². The number of alkyl halides is 1. The number of hydrogen-bond acceptors (Lipinski definition) is 3. The molecule has 1 fully saturated rings. The zero-order valence-electron chi connectivity index (χ0n) is 5.17. The molecule has 1 saturated heterocycles. The smallest absolute Gasteiger partial charge is 0.139 e. The summed E-state index contributed by atoms with van der Waals surface area (Å²) in [5, 5.41) is 3.15. The second-order valence-corrected chi connectivity index (χ2v) is 3.49. The Labute approximate surface area is 67.9 Å². The van der Waals surface area contributed by atoms with Crippen LogP contribution >= 0.6 is 22.6 Å². The summed E-state index contributed by atoms with van der Waals surface area (Å²) >= 11 is 2.23. The van der Waals surface area contributed by atoms with Crippen molar-refractivity contribution in [2.45, 2.75) is 10.1 Å². The molecule has 0 bridgehead atoms. The van der Waals surface area contributed by atoms with Crippen molar-refractivity contribution < 1.29 is 4.79 Å². The van der Waals surface area contributed by atoms with Crippen molar-refractivity contribution in [1.82, 2.24) is 10.2 Å². The van der Waals surface area contributed by atoms with Crippen LogP contribution in [0, 0.1) is 0 Å². The van der Waals surface area contributed by atoms with E-state index in [1.54, 1.807) is 0 Å². The predicted octanol–water partition coefficient (Wildman–Crippen LogP) is -0.193. The van der Waals surface area contributed by atoms with Gasteiger partial charge in [-0.1, -0.05) is 22.6 Å². The first-order chi connectivity index (χ1) is 4.25. The van der Waals surface area contributed by atoms with Crippen LogP contribution in [-0.4, -0.2) is 35.0 Å². The van der Waals surface area contributed by atoms with Gasteiger partial charge in [0.05, 0.1) is 10.1 Å². The number of rotatable bonds is 1. The molecule has 0 saturated carbocycles. The van der Waals surface area contributed by atoms with Crippen LogP contribution in [0.15, 0.2) is 0 Å². The number of likely N-dealkylation sites (N-methyl/N-ethyl adjacent to an activating group) is 1. The number of halogens is 1. The van der Waals surface area contributed by atoms with Gasteiger partial charge in [-0.3, -0.25) is 10.2 Å². The summed E-state index contributed by atoms with van der Waals surface area (Å²) < 4.78 is 0.282. The van der Waals surface area contributed by atoms with Gasteiger partial charge < -0.3 is 4.79 Å². The first-order valence-electron chi connectivity index (χ1n) is 2.78. The minimum absolute atomic E-state index is 0.0607. The van der Waals surface area contributed by atoms with Crippen LogP contribution in [0.25, 0.3) is 0 Å². The van der Waals surface area contributed by atoms with E-state index in [1.807, 2.05) is 11.9 Å². The van der Waals surface area contributed by atoms with Gasteiger partial charge in [-0.25, -0.2) is 0 Å². The van der Waals surface area contributed by atoms with Crippen molar-refractivity contribution in [3.63, 3.8) is 0 Å². The molecule has 1 aliphatic rings. The topological polar surface area (TPSA) is 32.3 Å². The van der Waals surface area contributed by atoms with E-state index in [-0.39, 0.29) is 10.1 Å². The van der Waals surface area contributed by atoms with Gasteiger partial charge in [0.1, 0.15) is 6.29 Å². The lowest BCUT2D eigenvalue weighted by Crippen LogP contribution is -2.31. The van der Waals surface area contributed by atoms with Crippen molar-refractivity contribution in [1.29, 1.82) is 0 Å². The molecule has 0 amide bonds. The molecule has 52 valence electrons. The summed E-state index contributed by atoms with van der Waals surface area (Å²) in [6.45, 7) is 0.816. The molecule has 0 aromatic carbocycles. The van der Waals surface area contributed by atoms with Crippen LogP contribution in [-0.2, 0) is 4.79 Å². The maximum atomic E-state index is 10.3. The molecule has 1 heterocycles. The summed E-state index contributed by atoms with van der Waals surface area (Å²) in [4.78, 5) is 12.3. The molecule has 1 rings (SSSR count). The number of nitrogens with zero attached hydrogens (tertiary/aromatic N) is 1. The zero-order valence-corrected chi connectivity index (χ0v) is 7.33. The Morgan fingerprint density at radius 1 is 1.89 bits per heavy atom. The molecule has 0 aliphatic carbocycles. The number of hydrogen-bond donors (Lipinski definition) is 1. The summed E-state index contributed by atoms with van der Waals surface area (Å²) in [5.41, 5.74) is 0. The standard InChI is InChI=1S/C5H9IN2O/c1-8-3-7-5(6)4(8)2-9/h2,4-5,7H,3H2,1H3. The van der Waals surface area contributed by atoms with Gasteiger partial charge in [-0.15, -0.1) is 0 Å². The Hall–Kier alpha value is 0.320. The van der Waals surface area contributed by atoms with Gasteiger partial charge in [0.2, 0.25) is 0 Å². The van der Waals surface area contributed by atoms with Crippen molar-refractivity contribution in [2.75, 3.05) is 13.7 Å². The van der Waals surface area contributed by atoms with E-state index in [0.717, 1.165) is 13.0 Å². The van der Waals surface area contributed by atoms with E-state index in [9.17, 15) is 4.79 Å². The normalized spacial score (nSPS) is 37.1. The van der Waals surface area contributed by atoms with Gasteiger partial charge in [0.25, 0.3) is 0 Å². The molecule has 0 aromatic rings. The van der Waals surface area contributed by atoms with E-state index in [2.05, 4.69) is 27.9 Å². The van der Waals surface area contributed by atoms with Gasteiger partial charge in [0.15, 0.2) is 0 Å². The van der Waals surface area contributed by atoms with Crippen LogP contribution < -0.4 is 5.32 Å². The quantitative estimate of drug-likeness (QED) is 0.298. The van der Waals surface area contributed by atoms with E-state index in [4.69, 9.17) is 0 Å². The third-order valence-electron chi connectivity index (χ3n) is 1.48. The molecule has 4 heteroatoms. The molecular weight excluding hydrogens is 231 g/mol. The van der Waals surface area contributed by atoms with Gasteiger partial charge >= 0.3 is 0 Å². The lowest BCUT2D eigenvalue weighted by atomic mass is 10.3. The molecule has 1 aliphatic heterocycles. The van der Waals surface area contributed by atoms with Crippen LogP contribution in [0.4, 0.5) is 0 Å². The highest BCUT2D eigenvalue weighted by Crippen LogP contribution is 2.12. The monoisotopic (exact) mass is 240 g/mol.